The predicted molar refractivity (Wildman–Crippen MR) is 98.0 cm³/mol. The molecule has 0 aliphatic rings. The standard InChI is InChI=1S/C18H18ClNO7/c1-3-25-17-11-15(20(22)23)14(10-16(17)24-2)18(21)27-9-8-26-13-6-4-12(19)5-7-13/h4-7,10-11H,3,8-9H2,1-2H3. The number of nitro groups is 1. The summed E-state index contributed by atoms with van der Waals surface area (Å²) < 4.78 is 20.9. The summed E-state index contributed by atoms with van der Waals surface area (Å²) in [6.45, 7) is 2.01. The van der Waals surface area contributed by atoms with Crippen molar-refractivity contribution in [1.29, 1.82) is 0 Å². The Morgan fingerprint density at radius 3 is 2.41 bits per heavy atom. The summed E-state index contributed by atoms with van der Waals surface area (Å²) in [5.74, 6) is 0.0769. The van der Waals surface area contributed by atoms with Crippen molar-refractivity contribution in [2.75, 3.05) is 26.9 Å². The zero-order valence-corrected chi connectivity index (χ0v) is 15.5. The van der Waals surface area contributed by atoms with Crippen molar-refractivity contribution < 1.29 is 28.7 Å². The molecule has 0 heterocycles. The van der Waals surface area contributed by atoms with Crippen molar-refractivity contribution in [1.82, 2.24) is 0 Å². The predicted octanol–water partition coefficient (Wildman–Crippen LogP) is 3.89. The Kier molecular flexibility index (Phi) is 7.25. The highest BCUT2D eigenvalue weighted by atomic mass is 35.5. The van der Waals surface area contributed by atoms with E-state index in [-0.39, 0.29) is 30.3 Å². The fourth-order valence-electron chi connectivity index (χ4n) is 2.19. The minimum absolute atomic E-state index is 0.0787. The lowest BCUT2D eigenvalue weighted by atomic mass is 10.1. The monoisotopic (exact) mass is 395 g/mol. The first-order valence-corrected chi connectivity index (χ1v) is 8.38. The van der Waals surface area contributed by atoms with Gasteiger partial charge in [-0.15, -0.1) is 0 Å². The van der Waals surface area contributed by atoms with E-state index in [0.717, 1.165) is 6.07 Å². The number of benzene rings is 2. The van der Waals surface area contributed by atoms with Crippen LogP contribution in [0.3, 0.4) is 0 Å². The maximum Gasteiger partial charge on any atom is 0.345 e. The summed E-state index contributed by atoms with van der Waals surface area (Å²) in [6.07, 6.45) is 0. The molecule has 27 heavy (non-hydrogen) atoms. The molecule has 144 valence electrons. The number of esters is 1. The average molecular weight is 396 g/mol. The number of rotatable bonds is 9. The molecule has 8 nitrogen and oxygen atoms in total. The summed E-state index contributed by atoms with van der Waals surface area (Å²) in [5.41, 5.74) is -0.658. The minimum atomic E-state index is -0.859. The van der Waals surface area contributed by atoms with Crippen LogP contribution in [0, 0.1) is 10.1 Å². The third kappa shape index (κ3) is 5.49. The molecule has 0 unspecified atom stereocenters. The van der Waals surface area contributed by atoms with E-state index in [2.05, 4.69) is 0 Å². The van der Waals surface area contributed by atoms with E-state index in [1.54, 1.807) is 31.2 Å². The van der Waals surface area contributed by atoms with E-state index in [9.17, 15) is 14.9 Å². The molecule has 0 bridgehead atoms. The highest BCUT2D eigenvalue weighted by Crippen LogP contribution is 2.35. The second kappa shape index (κ2) is 9.63. The second-order valence-corrected chi connectivity index (χ2v) is 5.59. The van der Waals surface area contributed by atoms with Crippen LogP contribution in [0.25, 0.3) is 0 Å². The zero-order valence-electron chi connectivity index (χ0n) is 14.8. The number of hydrogen-bond acceptors (Lipinski definition) is 7. The SMILES string of the molecule is CCOc1cc([N+](=O)[O-])c(C(=O)OCCOc2ccc(Cl)cc2)cc1OC. The highest BCUT2D eigenvalue weighted by molar-refractivity contribution is 6.30. The second-order valence-electron chi connectivity index (χ2n) is 5.15. The van der Waals surface area contributed by atoms with Crippen LogP contribution in [0.15, 0.2) is 36.4 Å². The molecule has 0 atom stereocenters. The number of nitro benzene ring substituents is 1. The van der Waals surface area contributed by atoms with Crippen molar-refractivity contribution in [3.8, 4) is 17.2 Å². The van der Waals surface area contributed by atoms with Crippen LogP contribution in [0.4, 0.5) is 5.69 Å². The molecule has 2 rings (SSSR count). The van der Waals surface area contributed by atoms with Gasteiger partial charge >= 0.3 is 5.97 Å². The zero-order chi connectivity index (χ0) is 19.8. The molecule has 0 fully saturated rings. The van der Waals surface area contributed by atoms with Gasteiger partial charge in [0, 0.05) is 11.1 Å². The van der Waals surface area contributed by atoms with E-state index < -0.39 is 16.6 Å². The molecule has 2 aromatic rings. The van der Waals surface area contributed by atoms with Gasteiger partial charge in [-0.3, -0.25) is 10.1 Å². The van der Waals surface area contributed by atoms with Crippen LogP contribution >= 0.6 is 11.6 Å². The lowest BCUT2D eigenvalue weighted by Gasteiger charge is -2.12. The first-order chi connectivity index (χ1) is 13.0. The summed E-state index contributed by atoms with van der Waals surface area (Å²) in [5, 5.41) is 11.9. The smallest absolute Gasteiger partial charge is 0.345 e. The number of halogens is 1. The van der Waals surface area contributed by atoms with Gasteiger partial charge in [0.05, 0.1) is 24.7 Å². The fourth-order valence-corrected chi connectivity index (χ4v) is 2.32. The van der Waals surface area contributed by atoms with E-state index in [0.29, 0.717) is 17.4 Å². The molecular formula is C18H18ClNO7. The Bertz CT molecular complexity index is 808. The van der Waals surface area contributed by atoms with Crippen molar-refractivity contribution in [3.63, 3.8) is 0 Å². The number of nitrogens with zero attached hydrogens (tertiary/aromatic N) is 1. The molecule has 0 saturated heterocycles. The molecule has 0 N–H and O–H groups in total. The van der Waals surface area contributed by atoms with Gasteiger partial charge in [-0.25, -0.2) is 4.79 Å². The highest BCUT2D eigenvalue weighted by Gasteiger charge is 2.25. The quantitative estimate of drug-likeness (QED) is 0.275. The van der Waals surface area contributed by atoms with Crippen LogP contribution in [-0.2, 0) is 4.74 Å². The van der Waals surface area contributed by atoms with Crippen LogP contribution in [0.5, 0.6) is 17.2 Å². The maximum atomic E-state index is 12.3. The van der Waals surface area contributed by atoms with Gasteiger partial charge in [0.15, 0.2) is 11.5 Å². The largest absolute Gasteiger partial charge is 0.493 e. The van der Waals surface area contributed by atoms with Crippen molar-refractivity contribution in [3.05, 3.63) is 57.1 Å². The Morgan fingerprint density at radius 1 is 1.11 bits per heavy atom. The Labute approximate surface area is 160 Å². The molecule has 0 aliphatic carbocycles. The number of methoxy groups -OCH3 is 1. The van der Waals surface area contributed by atoms with Crippen molar-refractivity contribution in [2.45, 2.75) is 6.92 Å². The minimum Gasteiger partial charge on any atom is -0.493 e. The Balaban J connectivity index is 2.05. The summed E-state index contributed by atoms with van der Waals surface area (Å²) in [7, 11) is 1.37. The summed E-state index contributed by atoms with van der Waals surface area (Å²) in [4.78, 5) is 22.9. The molecule has 0 saturated carbocycles. The normalized spacial score (nSPS) is 10.2. The molecule has 9 heteroatoms. The van der Waals surface area contributed by atoms with E-state index in [1.807, 2.05) is 0 Å². The molecule has 0 aliphatic heterocycles. The molecule has 0 amide bonds. The van der Waals surface area contributed by atoms with Crippen LogP contribution in [0.1, 0.15) is 17.3 Å². The summed E-state index contributed by atoms with van der Waals surface area (Å²) >= 11 is 5.78. The number of hydrogen-bond donors (Lipinski definition) is 0. The number of carbonyl (C=O) groups excluding carboxylic acids is 1. The lowest BCUT2D eigenvalue weighted by molar-refractivity contribution is -0.385. The van der Waals surface area contributed by atoms with Crippen molar-refractivity contribution in [2.24, 2.45) is 0 Å². The van der Waals surface area contributed by atoms with Gasteiger partial charge < -0.3 is 18.9 Å². The first-order valence-electron chi connectivity index (χ1n) is 8.01. The molecule has 0 aromatic heterocycles. The van der Waals surface area contributed by atoms with Gasteiger partial charge in [0.25, 0.3) is 5.69 Å². The first kappa shape index (κ1) is 20.3. The Hall–Kier alpha value is -3.00. The van der Waals surface area contributed by atoms with Gasteiger partial charge in [0.1, 0.15) is 24.5 Å². The Morgan fingerprint density at radius 2 is 1.81 bits per heavy atom. The number of carbonyl (C=O) groups is 1. The van der Waals surface area contributed by atoms with E-state index in [4.69, 9.17) is 30.5 Å². The van der Waals surface area contributed by atoms with Gasteiger partial charge in [0.2, 0.25) is 0 Å². The molecule has 0 spiro atoms. The van der Waals surface area contributed by atoms with E-state index in [1.165, 1.54) is 13.2 Å². The topological polar surface area (TPSA) is 97.1 Å². The molecule has 0 radical (unpaired) electrons. The number of ether oxygens (including phenoxy) is 4. The summed E-state index contributed by atoms with van der Waals surface area (Å²) in [6, 6.07) is 9.05. The fraction of sp³-hybridized carbons (Fsp3) is 0.278. The average Bonchev–Trinajstić information content (AvgIpc) is 2.66. The van der Waals surface area contributed by atoms with Crippen LogP contribution in [0.2, 0.25) is 5.02 Å². The van der Waals surface area contributed by atoms with Gasteiger partial charge in [-0.05, 0) is 31.2 Å². The lowest BCUT2D eigenvalue weighted by Crippen LogP contribution is -2.14. The van der Waals surface area contributed by atoms with Gasteiger partial charge in [-0.2, -0.15) is 0 Å². The van der Waals surface area contributed by atoms with E-state index >= 15 is 0 Å². The molecule has 2 aromatic carbocycles. The maximum absolute atomic E-state index is 12.3. The van der Waals surface area contributed by atoms with Crippen molar-refractivity contribution >= 4 is 23.3 Å². The third-order valence-electron chi connectivity index (χ3n) is 3.40. The third-order valence-corrected chi connectivity index (χ3v) is 3.65. The molecular weight excluding hydrogens is 378 g/mol. The van der Waals surface area contributed by atoms with Gasteiger partial charge in [-0.1, -0.05) is 11.6 Å². The van der Waals surface area contributed by atoms with Crippen LogP contribution in [-0.4, -0.2) is 37.8 Å². The van der Waals surface area contributed by atoms with Crippen LogP contribution < -0.4 is 14.2 Å².